The molecule has 0 aliphatic carbocycles. The Bertz CT molecular complexity index is 1630. The molecule has 0 aliphatic rings. The maximum absolute atomic E-state index is 14.2. The van der Waals surface area contributed by atoms with Crippen LogP contribution in [0.25, 0.3) is 0 Å². The van der Waals surface area contributed by atoms with Crippen molar-refractivity contribution in [3.05, 3.63) is 65.7 Å². The number of alkyl halides is 7. The van der Waals surface area contributed by atoms with E-state index in [9.17, 15) is 60.3 Å². The van der Waals surface area contributed by atoms with Crippen LogP contribution in [0, 0.1) is 22.2 Å². The van der Waals surface area contributed by atoms with Crippen molar-refractivity contribution in [3.8, 4) is 11.8 Å². The van der Waals surface area contributed by atoms with Gasteiger partial charge < -0.3 is 19.4 Å². The highest BCUT2D eigenvalue weighted by Crippen LogP contribution is 2.50. The minimum Gasteiger partial charge on any atom is -0.478 e. The van der Waals surface area contributed by atoms with Gasteiger partial charge in [0.2, 0.25) is 0 Å². The molecular weight excluding hydrogens is 719 g/mol. The SMILES string of the molecule is CC(=O)CCC(C)(C#N)CC(C)(CC(C)(SC(=S)c1ccccc1)C(=O)Oc1ccc(C(=O)O)cc1)C(=O)OCC(F)(F)C(F)(F)C(F)(F)F. The van der Waals surface area contributed by atoms with E-state index in [1.165, 1.54) is 20.8 Å². The average molecular weight is 752 g/mol. The largest absolute Gasteiger partial charge is 0.478 e. The molecule has 2 aromatic carbocycles. The Morgan fingerprint density at radius 3 is 1.90 bits per heavy atom. The number of nitrogens with zero attached hydrogens (tertiary/aromatic N) is 1. The van der Waals surface area contributed by atoms with Crippen molar-refractivity contribution >= 4 is 51.9 Å². The molecule has 0 amide bonds. The van der Waals surface area contributed by atoms with Crippen molar-refractivity contribution in [3.63, 3.8) is 0 Å². The van der Waals surface area contributed by atoms with Crippen LogP contribution in [0.1, 0.15) is 69.3 Å². The summed E-state index contributed by atoms with van der Waals surface area (Å²) in [4.78, 5) is 50.5. The topological polar surface area (TPSA) is 131 Å². The molecule has 0 aliphatic heterocycles. The molecule has 0 fully saturated rings. The summed E-state index contributed by atoms with van der Waals surface area (Å²) in [6.45, 7) is 2.08. The fourth-order valence-corrected chi connectivity index (χ4v) is 6.81. The number of carbonyl (C=O) groups is 4. The van der Waals surface area contributed by atoms with Gasteiger partial charge in [-0.25, -0.2) is 4.79 Å². The fourth-order valence-electron chi connectivity index (χ4n) is 4.94. The number of nitriles is 1. The van der Waals surface area contributed by atoms with Crippen molar-refractivity contribution in [2.75, 3.05) is 6.61 Å². The molecule has 3 unspecified atom stereocenters. The molecule has 0 spiro atoms. The van der Waals surface area contributed by atoms with E-state index in [1.807, 2.05) is 6.07 Å². The second-order valence-corrected chi connectivity index (χ2v) is 14.5. The van der Waals surface area contributed by atoms with Crippen LogP contribution < -0.4 is 4.74 Å². The van der Waals surface area contributed by atoms with Gasteiger partial charge in [0, 0.05) is 6.42 Å². The first-order valence-electron chi connectivity index (χ1n) is 14.6. The standard InChI is InChI=1S/C33H32F7NO7S2/c1-20(42)14-15-28(2,18-41)16-29(3,26(45)47-19-31(34,35)32(36,37)33(38,39)40)17-30(4,50-25(49)22-8-6-5-7-9-22)27(46)48-23-12-10-21(11-13-23)24(43)44/h5-13H,14-17,19H2,1-4H3,(H,43,44). The summed E-state index contributed by atoms with van der Waals surface area (Å²) in [5.41, 5.74) is -3.64. The minimum atomic E-state index is -6.70. The Hall–Kier alpha value is -4.04. The van der Waals surface area contributed by atoms with E-state index >= 15 is 0 Å². The number of carbonyl (C=O) groups excluding carboxylic acids is 3. The zero-order chi connectivity index (χ0) is 38.3. The van der Waals surface area contributed by atoms with Crippen molar-refractivity contribution < 1.29 is 64.5 Å². The number of hydrogen-bond donors (Lipinski definition) is 1. The Morgan fingerprint density at radius 1 is 0.860 bits per heavy atom. The highest BCUT2D eigenvalue weighted by atomic mass is 32.2. The van der Waals surface area contributed by atoms with E-state index in [0.717, 1.165) is 31.2 Å². The van der Waals surface area contributed by atoms with Gasteiger partial charge in [-0.1, -0.05) is 54.3 Å². The zero-order valence-corrected chi connectivity index (χ0v) is 28.7. The van der Waals surface area contributed by atoms with Gasteiger partial charge in [-0.15, -0.1) is 0 Å². The second kappa shape index (κ2) is 15.9. The van der Waals surface area contributed by atoms with E-state index in [-0.39, 0.29) is 34.1 Å². The van der Waals surface area contributed by atoms with Crippen LogP contribution in [0.4, 0.5) is 30.7 Å². The van der Waals surface area contributed by atoms with E-state index in [1.54, 1.807) is 30.3 Å². The average Bonchev–Trinajstić information content (AvgIpc) is 3.02. The number of thiocarbonyl (C=S) groups is 1. The summed E-state index contributed by atoms with van der Waals surface area (Å²) in [6.07, 6.45) is -8.52. The number of carboxylic acid groups (broad SMARTS) is 1. The Morgan fingerprint density at radius 2 is 1.42 bits per heavy atom. The van der Waals surface area contributed by atoms with Crippen LogP contribution in [0.15, 0.2) is 54.6 Å². The Kier molecular flexibility index (Phi) is 13.4. The predicted molar refractivity (Wildman–Crippen MR) is 171 cm³/mol. The number of ether oxygens (including phenoxy) is 2. The number of esters is 2. The molecule has 0 aromatic heterocycles. The molecule has 1 N–H and O–H groups in total. The van der Waals surface area contributed by atoms with Gasteiger partial charge >= 0.3 is 35.9 Å². The van der Waals surface area contributed by atoms with Crippen molar-refractivity contribution in [1.29, 1.82) is 5.26 Å². The van der Waals surface area contributed by atoms with Crippen LogP contribution in [0.3, 0.4) is 0 Å². The number of rotatable bonds is 16. The zero-order valence-electron chi connectivity index (χ0n) is 27.0. The number of aromatic carboxylic acids is 1. The first kappa shape index (κ1) is 42.1. The quantitative estimate of drug-likeness (QED) is 0.0775. The summed E-state index contributed by atoms with van der Waals surface area (Å²) in [7, 11) is 0. The minimum absolute atomic E-state index is 0.0537. The fraction of sp³-hybridized carbons (Fsp3) is 0.455. The molecule has 0 heterocycles. The molecule has 8 nitrogen and oxygen atoms in total. The lowest BCUT2D eigenvalue weighted by Crippen LogP contribution is -2.55. The highest BCUT2D eigenvalue weighted by Gasteiger charge is 2.73. The maximum Gasteiger partial charge on any atom is 0.460 e. The van der Waals surface area contributed by atoms with Gasteiger partial charge in [0.05, 0.1) is 26.7 Å². The third-order valence-electron chi connectivity index (χ3n) is 7.57. The highest BCUT2D eigenvalue weighted by molar-refractivity contribution is 8.25. The van der Waals surface area contributed by atoms with Crippen LogP contribution in [-0.4, -0.2) is 62.4 Å². The predicted octanol–water partition coefficient (Wildman–Crippen LogP) is 8.22. The molecule has 50 heavy (non-hydrogen) atoms. The van der Waals surface area contributed by atoms with Gasteiger partial charge in [-0.3, -0.25) is 9.59 Å². The molecule has 17 heteroatoms. The Balaban J connectivity index is 2.65. The summed E-state index contributed by atoms with van der Waals surface area (Å²) >= 11 is 6.19. The molecule has 0 radical (unpaired) electrons. The number of hydrogen-bond acceptors (Lipinski definition) is 9. The van der Waals surface area contributed by atoms with Crippen molar-refractivity contribution in [2.24, 2.45) is 10.8 Å². The lowest BCUT2D eigenvalue weighted by Gasteiger charge is -2.39. The molecule has 3 atom stereocenters. The van der Waals surface area contributed by atoms with E-state index in [2.05, 4.69) is 4.74 Å². The lowest BCUT2D eigenvalue weighted by atomic mass is 9.68. The molecule has 0 saturated carbocycles. The molecule has 2 aromatic rings. The normalized spacial score (nSPS) is 15.7. The first-order chi connectivity index (χ1) is 22.8. The van der Waals surface area contributed by atoms with E-state index in [4.69, 9.17) is 17.0 Å². The molecule has 0 bridgehead atoms. The smallest absolute Gasteiger partial charge is 0.460 e. The molecule has 2 rings (SSSR count). The van der Waals surface area contributed by atoms with Crippen LogP contribution in [0.5, 0.6) is 5.75 Å². The number of Topliss-reactive ketones (excluding diaryl/α,β-unsaturated/α-hetero) is 1. The number of benzene rings is 2. The molecular formula is C33H32F7NO7S2. The summed E-state index contributed by atoms with van der Waals surface area (Å²) < 4.78 is 102. The van der Waals surface area contributed by atoms with E-state index < -0.39 is 71.0 Å². The molecule has 272 valence electrons. The number of thioether (sulfide) groups is 1. The number of ketones is 1. The maximum atomic E-state index is 14.2. The third-order valence-corrected chi connectivity index (χ3v) is 9.24. The monoisotopic (exact) mass is 751 g/mol. The van der Waals surface area contributed by atoms with E-state index in [0.29, 0.717) is 17.3 Å². The number of halogens is 7. The Labute approximate surface area is 292 Å². The lowest BCUT2D eigenvalue weighted by molar-refractivity contribution is -0.360. The van der Waals surface area contributed by atoms with Crippen LogP contribution in [0.2, 0.25) is 0 Å². The second-order valence-electron chi connectivity index (χ2n) is 12.3. The third kappa shape index (κ3) is 10.5. The summed E-state index contributed by atoms with van der Waals surface area (Å²) in [5, 5.41) is 19.2. The van der Waals surface area contributed by atoms with Gasteiger partial charge in [-0.2, -0.15) is 36.0 Å². The summed E-state index contributed by atoms with van der Waals surface area (Å²) in [5.74, 6) is -17.2. The molecule has 0 saturated heterocycles. The number of carboxylic acids is 1. The van der Waals surface area contributed by atoms with Crippen LogP contribution in [-0.2, 0) is 19.1 Å². The van der Waals surface area contributed by atoms with Gasteiger partial charge in [0.1, 0.15) is 16.3 Å². The van der Waals surface area contributed by atoms with Gasteiger partial charge in [-0.05, 0) is 76.8 Å². The van der Waals surface area contributed by atoms with Gasteiger partial charge in [0.15, 0.2) is 6.61 Å². The van der Waals surface area contributed by atoms with Crippen molar-refractivity contribution in [2.45, 2.75) is 76.1 Å². The van der Waals surface area contributed by atoms with Crippen LogP contribution >= 0.6 is 24.0 Å². The van der Waals surface area contributed by atoms with Gasteiger partial charge in [0.25, 0.3) is 0 Å². The van der Waals surface area contributed by atoms with Crippen molar-refractivity contribution in [1.82, 2.24) is 0 Å². The first-order valence-corrected chi connectivity index (χ1v) is 15.8. The summed E-state index contributed by atoms with van der Waals surface area (Å²) in [6, 6.07) is 14.5.